The molecule has 20 heavy (non-hydrogen) atoms. The van der Waals surface area contributed by atoms with E-state index in [0.717, 1.165) is 0 Å². The number of carbonyl (C=O) groups excluding carboxylic acids is 2. The first-order valence-electron chi connectivity index (χ1n) is 6.81. The van der Waals surface area contributed by atoms with E-state index in [4.69, 9.17) is 0 Å². The van der Waals surface area contributed by atoms with E-state index < -0.39 is 23.6 Å². The maximum Gasteiger partial charge on any atom is 0.329 e. The van der Waals surface area contributed by atoms with Crippen molar-refractivity contribution in [2.45, 2.75) is 65.1 Å². The second kappa shape index (κ2) is 7.72. The molecule has 0 aliphatic rings. The van der Waals surface area contributed by atoms with Crippen molar-refractivity contribution in [1.29, 1.82) is 0 Å². The average Bonchev–Trinajstić information content (AvgIpc) is 2.34. The van der Waals surface area contributed by atoms with E-state index in [1.165, 1.54) is 6.92 Å². The first-order valence-corrected chi connectivity index (χ1v) is 6.81. The summed E-state index contributed by atoms with van der Waals surface area (Å²) in [5.41, 5.74) is -1.31. The van der Waals surface area contributed by atoms with Crippen LogP contribution in [0.1, 0.15) is 47.5 Å². The molecule has 116 valence electrons. The predicted molar refractivity (Wildman–Crippen MR) is 75.4 cm³/mol. The molecule has 4 N–H and O–H groups in total. The Morgan fingerprint density at radius 3 is 1.90 bits per heavy atom. The summed E-state index contributed by atoms with van der Waals surface area (Å²) < 4.78 is 0. The van der Waals surface area contributed by atoms with Gasteiger partial charge in [0.25, 0.3) is 0 Å². The number of hydrogen-bond acceptors (Lipinski definition) is 3. The van der Waals surface area contributed by atoms with Crippen molar-refractivity contribution < 1.29 is 19.5 Å². The summed E-state index contributed by atoms with van der Waals surface area (Å²) >= 11 is 0. The van der Waals surface area contributed by atoms with E-state index in [-0.39, 0.29) is 24.8 Å². The lowest BCUT2D eigenvalue weighted by atomic mass is 9.93. The fraction of sp³-hybridized carbons (Fsp3) is 0.769. The zero-order valence-corrected chi connectivity index (χ0v) is 12.7. The molecule has 0 saturated carbocycles. The van der Waals surface area contributed by atoms with Gasteiger partial charge in [0, 0.05) is 6.04 Å². The highest BCUT2D eigenvalue weighted by Gasteiger charge is 2.36. The molecule has 0 radical (unpaired) electrons. The molecule has 0 aromatic carbocycles. The molecule has 0 heterocycles. The summed E-state index contributed by atoms with van der Waals surface area (Å²) in [4.78, 5) is 34.7. The Bertz CT molecular complexity index is 365. The molecular weight excluding hydrogens is 262 g/mol. The summed E-state index contributed by atoms with van der Waals surface area (Å²) in [6, 6.07) is -1.43. The topological polar surface area (TPSA) is 108 Å². The van der Waals surface area contributed by atoms with Gasteiger partial charge in [-0.25, -0.2) is 9.59 Å². The highest BCUT2D eigenvalue weighted by Crippen LogP contribution is 2.15. The zero-order valence-electron chi connectivity index (χ0n) is 12.7. The standard InChI is InChI=1S/C13H25N3O4/c1-6-13(7-2,11(18)19)16-12(20)15-9(5)10(17)14-8(3)4/h8-9H,6-7H2,1-5H3,(H,14,17)(H,18,19)(H2,15,16,20). The normalized spacial score (nSPS) is 12.7. The summed E-state index contributed by atoms with van der Waals surface area (Å²) in [6.07, 6.45) is 0.525. The van der Waals surface area contributed by atoms with E-state index in [2.05, 4.69) is 16.0 Å². The Morgan fingerprint density at radius 1 is 1.05 bits per heavy atom. The fourth-order valence-corrected chi connectivity index (χ4v) is 1.71. The Morgan fingerprint density at radius 2 is 1.55 bits per heavy atom. The number of hydrogen-bond donors (Lipinski definition) is 4. The van der Waals surface area contributed by atoms with Crippen LogP contribution in [0.15, 0.2) is 0 Å². The Labute approximate surface area is 119 Å². The number of carbonyl (C=O) groups is 3. The Hall–Kier alpha value is -1.79. The highest BCUT2D eigenvalue weighted by molar-refractivity contribution is 5.90. The average molecular weight is 287 g/mol. The third-order valence-corrected chi connectivity index (χ3v) is 3.14. The fourth-order valence-electron chi connectivity index (χ4n) is 1.71. The number of urea groups is 1. The number of carboxylic acids is 1. The van der Waals surface area contributed by atoms with Gasteiger partial charge in [0.15, 0.2) is 0 Å². The molecule has 1 unspecified atom stereocenters. The molecule has 7 heteroatoms. The second-order valence-corrected chi connectivity index (χ2v) is 5.08. The van der Waals surface area contributed by atoms with Gasteiger partial charge in [0.2, 0.25) is 5.91 Å². The van der Waals surface area contributed by atoms with Crippen LogP contribution in [-0.2, 0) is 9.59 Å². The van der Waals surface area contributed by atoms with Crippen molar-refractivity contribution in [2.75, 3.05) is 0 Å². The van der Waals surface area contributed by atoms with E-state index in [1.807, 2.05) is 13.8 Å². The van der Waals surface area contributed by atoms with Crippen LogP contribution in [0, 0.1) is 0 Å². The van der Waals surface area contributed by atoms with Crippen LogP contribution >= 0.6 is 0 Å². The van der Waals surface area contributed by atoms with Crippen molar-refractivity contribution in [3.05, 3.63) is 0 Å². The molecule has 0 aliphatic carbocycles. The van der Waals surface area contributed by atoms with Gasteiger partial charge in [-0.3, -0.25) is 4.79 Å². The number of rotatable bonds is 7. The van der Waals surface area contributed by atoms with Crippen LogP contribution in [-0.4, -0.2) is 40.6 Å². The minimum Gasteiger partial charge on any atom is -0.480 e. The highest BCUT2D eigenvalue weighted by atomic mass is 16.4. The van der Waals surface area contributed by atoms with Crippen molar-refractivity contribution in [3.63, 3.8) is 0 Å². The lowest BCUT2D eigenvalue weighted by molar-refractivity contribution is -0.144. The molecule has 7 nitrogen and oxygen atoms in total. The molecule has 0 aromatic heterocycles. The summed E-state index contributed by atoms with van der Waals surface area (Å²) in [5, 5.41) is 16.8. The molecule has 3 amide bonds. The minimum absolute atomic E-state index is 0.0285. The quantitative estimate of drug-likeness (QED) is 0.556. The number of carboxylic acid groups (broad SMARTS) is 1. The van der Waals surface area contributed by atoms with Gasteiger partial charge in [0.05, 0.1) is 0 Å². The Balaban J connectivity index is 4.62. The maximum absolute atomic E-state index is 11.8. The second-order valence-electron chi connectivity index (χ2n) is 5.08. The lowest BCUT2D eigenvalue weighted by Crippen LogP contribution is -2.59. The summed E-state index contributed by atoms with van der Waals surface area (Å²) in [7, 11) is 0. The zero-order chi connectivity index (χ0) is 15.9. The smallest absolute Gasteiger partial charge is 0.329 e. The van der Waals surface area contributed by atoms with Crippen molar-refractivity contribution >= 4 is 17.9 Å². The number of aliphatic carboxylic acids is 1. The van der Waals surface area contributed by atoms with Gasteiger partial charge in [0.1, 0.15) is 11.6 Å². The SMILES string of the molecule is CCC(CC)(NC(=O)NC(C)C(=O)NC(C)C)C(=O)O. The van der Waals surface area contributed by atoms with Crippen LogP contribution in [0.25, 0.3) is 0 Å². The van der Waals surface area contributed by atoms with Crippen LogP contribution in [0.3, 0.4) is 0 Å². The van der Waals surface area contributed by atoms with Gasteiger partial charge in [-0.2, -0.15) is 0 Å². The van der Waals surface area contributed by atoms with Gasteiger partial charge in [-0.15, -0.1) is 0 Å². The van der Waals surface area contributed by atoms with Crippen molar-refractivity contribution in [1.82, 2.24) is 16.0 Å². The molecular formula is C13H25N3O4. The third-order valence-electron chi connectivity index (χ3n) is 3.14. The molecule has 0 aliphatic heterocycles. The molecule has 0 spiro atoms. The number of amides is 3. The lowest BCUT2D eigenvalue weighted by Gasteiger charge is -2.28. The molecule has 0 saturated heterocycles. The van der Waals surface area contributed by atoms with Crippen molar-refractivity contribution in [3.8, 4) is 0 Å². The van der Waals surface area contributed by atoms with E-state index >= 15 is 0 Å². The van der Waals surface area contributed by atoms with Crippen molar-refractivity contribution in [2.24, 2.45) is 0 Å². The van der Waals surface area contributed by atoms with Crippen LogP contribution < -0.4 is 16.0 Å². The monoisotopic (exact) mass is 287 g/mol. The van der Waals surface area contributed by atoms with Crippen LogP contribution in [0.2, 0.25) is 0 Å². The molecule has 1 atom stereocenters. The summed E-state index contributed by atoms with van der Waals surface area (Å²) in [6.45, 7) is 8.54. The predicted octanol–water partition coefficient (Wildman–Crippen LogP) is 0.842. The van der Waals surface area contributed by atoms with Gasteiger partial charge in [-0.05, 0) is 33.6 Å². The first kappa shape index (κ1) is 18.2. The van der Waals surface area contributed by atoms with Gasteiger partial charge >= 0.3 is 12.0 Å². The maximum atomic E-state index is 11.8. The third kappa shape index (κ3) is 5.07. The van der Waals surface area contributed by atoms with Crippen LogP contribution in [0.4, 0.5) is 4.79 Å². The van der Waals surface area contributed by atoms with Crippen LogP contribution in [0.5, 0.6) is 0 Å². The van der Waals surface area contributed by atoms with Gasteiger partial charge in [-0.1, -0.05) is 13.8 Å². The van der Waals surface area contributed by atoms with E-state index in [1.54, 1.807) is 13.8 Å². The Kier molecular flexibility index (Phi) is 7.02. The summed E-state index contributed by atoms with van der Waals surface area (Å²) in [5.74, 6) is -1.40. The molecule has 0 bridgehead atoms. The largest absolute Gasteiger partial charge is 0.480 e. The van der Waals surface area contributed by atoms with E-state index in [9.17, 15) is 19.5 Å². The first-order chi connectivity index (χ1) is 9.18. The van der Waals surface area contributed by atoms with Gasteiger partial charge < -0.3 is 21.1 Å². The molecule has 0 rings (SSSR count). The molecule has 0 fully saturated rings. The van der Waals surface area contributed by atoms with E-state index in [0.29, 0.717) is 0 Å². The minimum atomic E-state index is -1.31. The molecule has 0 aromatic rings. The number of nitrogens with one attached hydrogen (secondary N) is 3.